The van der Waals surface area contributed by atoms with Crippen LogP contribution in [0.25, 0.3) is 0 Å². The molecule has 1 heterocycles. The molecule has 0 unspecified atom stereocenters. The Bertz CT molecular complexity index is 530. The highest BCUT2D eigenvalue weighted by atomic mass is 35.5. The maximum Gasteiger partial charge on any atom is 0.243 e. The van der Waals surface area contributed by atoms with E-state index in [4.69, 9.17) is 9.47 Å². The van der Waals surface area contributed by atoms with Gasteiger partial charge in [0.25, 0.3) is 0 Å². The lowest BCUT2D eigenvalue weighted by molar-refractivity contribution is 0.110. The minimum Gasteiger partial charge on any atom is -0.491 e. The second-order valence-corrected chi connectivity index (χ2v) is 6.61. The SMILES string of the molecule is CCOCCOc1ccc(S(=O)(=O)N2CCNCC2)cc1.Cl. The number of rotatable bonds is 7. The van der Waals surface area contributed by atoms with Crippen molar-refractivity contribution in [1.82, 2.24) is 9.62 Å². The maximum atomic E-state index is 12.4. The fourth-order valence-electron chi connectivity index (χ4n) is 2.10. The Kier molecular flexibility index (Phi) is 8.13. The molecular formula is C14H23ClN2O4S. The van der Waals surface area contributed by atoms with Crippen LogP contribution < -0.4 is 10.1 Å². The Morgan fingerprint density at radius 1 is 1.14 bits per heavy atom. The molecule has 0 spiro atoms. The van der Waals surface area contributed by atoms with Crippen LogP contribution in [0, 0.1) is 0 Å². The van der Waals surface area contributed by atoms with Crippen LogP contribution in [0.5, 0.6) is 5.75 Å². The topological polar surface area (TPSA) is 67.9 Å². The largest absolute Gasteiger partial charge is 0.491 e. The van der Waals surface area contributed by atoms with Gasteiger partial charge in [-0.2, -0.15) is 4.31 Å². The van der Waals surface area contributed by atoms with Gasteiger partial charge in [0.15, 0.2) is 0 Å². The fraction of sp³-hybridized carbons (Fsp3) is 0.571. The van der Waals surface area contributed by atoms with Gasteiger partial charge in [-0.05, 0) is 31.2 Å². The summed E-state index contributed by atoms with van der Waals surface area (Å²) in [6.07, 6.45) is 0. The Hall–Kier alpha value is -0.860. The molecule has 0 aliphatic carbocycles. The van der Waals surface area contributed by atoms with Crippen molar-refractivity contribution in [2.45, 2.75) is 11.8 Å². The lowest BCUT2D eigenvalue weighted by Crippen LogP contribution is -2.46. The first kappa shape index (κ1) is 19.2. The van der Waals surface area contributed by atoms with Gasteiger partial charge < -0.3 is 14.8 Å². The van der Waals surface area contributed by atoms with E-state index in [0.717, 1.165) is 0 Å². The quantitative estimate of drug-likeness (QED) is 0.746. The Labute approximate surface area is 138 Å². The van der Waals surface area contributed by atoms with Crippen molar-refractivity contribution >= 4 is 22.4 Å². The van der Waals surface area contributed by atoms with Gasteiger partial charge in [-0.1, -0.05) is 0 Å². The van der Waals surface area contributed by atoms with Crippen molar-refractivity contribution in [3.63, 3.8) is 0 Å². The summed E-state index contributed by atoms with van der Waals surface area (Å²) in [6, 6.07) is 6.54. The minimum absolute atomic E-state index is 0. The third-order valence-electron chi connectivity index (χ3n) is 3.24. The number of sulfonamides is 1. The molecule has 0 aromatic heterocycles. The van der Waals surface area contributed by atoms with Crippen LogP contribution in [0.3, 0.4) is 0 Å². The number of hydrogen-bond donors (Lipinski definition) is 1. The molecule has 1 N–H and O–H groups in total. The molecule has 0 atom stereocenters. The van der Waals surface area contributed by atoms with E-state index in [-0.39, 0.29) is 12.4 Å². The van der Waals surface area contributed by atoms with E-state index in [0.29, 0.717) is 56.6 Å². The molecule has 22 heavy (non-hydrogen) atoms. The molecule has 126 valence electrons. The van der Waals surface area contributed by atoms with Crippen molar-refractivity contribution in [3.05, 3.63) is 24.3 Å². The number of hydrogen-bond acceptors (Lipinski definition) is 5. The van der Waals surface area contributed by atoms with E-state index in [1.54, 1.807) is 24.3 Å². The Morgan fingerprint density at radius 2 is 1.77 bits per heavy atom. The second-order valence-electron chi connectivity index (χ2n) is 4.67. The molecule has 1 saturated heterocycles. The van der Waals surface area contributed by atoms with Crippen LogP contribution in [-0.4, -0.2) is 58.7 Å². The van der Waals surface area contributed by atoms with Crippen LogP contribution in [0.15, 0.2) is 29.2 Å². The van der Waals surface area contributed by atoms with Crippen molar-refractivity contribution in [2.24, 2.45) is 0 Å². The first-order chi connectivity index (χ1) is 10.1. The van der Waals surface area contributed by atoms with E-state index in [9.17, 15) is 8.42 Å². The Morgan fingerprint density at radius 3 is 2.36 bits per heavy atom. The van der Waals surface area contributed by atoms with Crippen LogP contribution in [-0.2, 0) is 14.8 Å². The Balaban J connectivity index is 0.00000242. The van der Waals surface area contributed by atoms with Gasteiger partial charge in [0.05, 0.1) is 11.5 Å². The number of benzene rings is 1. The van der Waals surface area contributed by atoms with Crippen molar-refractivity contribution in [1.29, 1.82) is 0 Å². The molecule has 8 heteroatoms. The lowest BCUT2D eigenvalue weighted by atomic mass is 10.3. The van der Waals surface area contributed by atoms with E-state index >= 15 is 0 Å². The average molecular weight is 351 g/mol. The smallest absolute Gasteiger partial charge is 0.243 e. The van der Waals surface area contributed by atoms with Gasteiger partial charge in [0, 0.05) is 32.8 Å². The summed E-state index contributed by atoms with van der Waals surface area (Å²) in [6.45, 7) is 5.97. The lowest BCUT2D eigenvalue weighted by Gasteiger charge is -2.26. The molecule has 1 aliphatic rings. The third kappa shape index (κ3) is 5.10. The molecule has 0 saturated carbocycles. The maximum absolute atomic E-state index is 12.4. The number of piperazine rings is 1. The zero-order chi connectivity index (χ0) is 15.1. The number of nitrogens with one attached hydrogen (secondary N) is 1. The normalized spacial score (nSPS) is 16.0. The first-order valence-electron chi connectivity index (χ1n) is 7.16. The van der Waals surface area contributed by atoms with Crippen LogP contribution in [0.1, 0.15) is 6.92 Å². The average Bonchev–Trinajstić information content (AvgIpc) is 2.53. The summed E-state index contributed by atoms with van der Waals surface area (Å²) in [5, 5.41) is 3.14. The van der Waals surface area contributed by atoms with Gasteiger partial charge in [-0.3, -0.25) is 0 Å². The number of halogens is 1. The first-order valence-corrected chi connectivity index (χ1v) is 8.60. The third-order valence-corrected chi connectivity index (χ3v) is 5.15. The van der Waals surface area contributed by atoms with Crippen LogP contribution in [0.2, 0.25) is 0 Å². The molecule has 0 amide bonds. The van der Waals surface area contributed by atoms with Gasteiger partial charge in [-0.25, -0.2) is 8.42 Å². The summed E-state index contributed by atoms with van der Waals surface area (Å²) in [5.74, 6) is 0.647. The zero-order valence-corrected chi connectivity index (χ0v) is 14.3. The van der Waals surface area contributed by atoms with Gasteiger partial charge in [0.1, 0.15) is 12.4 Å². The molecule has 0 bridgehead atoms. The fourth-order valence-corrected chi connectivity index (χ4v) is 3.55. The predicted molar refractivity (Wildman–Crippen MR) is 87.3 cm³/mol. The molecule has 1 aromatic carbocycles. The highest BCUT2D eigenvalue weighted by Crippen LogP contribution is 2.19. The molecule has 0 radical (unpaired) electrons. The highest BCUT2D eigenvalue weighted by Gasteiger charge is 2.25. The minimum atomic E-state index is -3.39. The molecule has 1 aromatic rings. The molecule has 1 fully saturated rings. The van der Waals surface area contributed by atoms with E-state index in [1.165, 1.54) is 4.31 Å². The summed E-state index contributed by atoms with van der Waals surface area (Å²) in [7, 11) is -3.39. The summed E-state index contributed by atoms with van der Waals surface area (Å²) in [5.41, 5.74) is 0. The van der Waals surface area contributed by atoms with E-state index in [2.05, 4.69) is 5.32 Å². The second kappa shape index (κ2) is 9.32. The van der Waals surface area contributed by atoms with Gasteiger partial charge in [0.2, 0.25) is 10.0 Å². The molecule has 2 rings (SSSR count). The van der Waals surface area contributed by atoms with Gasteiger partial charge >= 0.3 is 0 Å². The molecule has 1 aliphatic heterocycles. The summed E-state index contributed by atoms with van der Waals surface area (Å²) < 4.78 is 37.0. The highest BCUT2D eigenvalue weighted by molar-refractivity contribution is 7.89. The van der Waals surface area contributed by atoms with E-state index in [1.807, 2.05) is 6.92 Å². The number of ether oxygens (including phenoxy) is 2. The summed E-state index contributed by atoms with van der Waals surface area (Å²) >= 11 is 0. The van der Waals surface area contributed by atoms with Crippen molar-refractivity contribution < 1.29 is 17.9 Å². The summed E-state index contributed by atoms with van der Waals surface area (Å²) in [4.78, 5) is 0.307. The van der Waals surface area contributed by atoms with E-state index < -0.39 is 10.0 Å². The van der Waals surface area contributed by atoms with Crippen LogP contribution in [0.4, 0.5) is 0 Å². The van der Waals surface area contributed by atoms with Gasteiger partial charge in [-0.15, -0.1) is 12.4 Å². The van der Waals surface area contributed by atoms with Crippen molar-refractivity contribution in [3.8, 4) is 5.75 Å². The monoisotopic (exact) mass is 350 g/mol. The van der Waals surface area contributed by atoms with Crippen molar-refractivity contribution in [2.75, 3.05) is 46.0 Å². The number of nitrogens with zero attached hydrogens (tertiary/aromatic N) is 1. The predicted octanol–water partition coefficient (Wildman–Crippen LogP) is 1.12. The standard InChI is InChI=1S/C14H22N2O4S.ClH/c1-2-19-11-12-20-13-3-5-14(6-4-13)21(17,18)16-9-7-15-8-10-16;/h3-6,15H,2,7-12H2,1H3;1H. The zero-order valence-electron chi connectivity index (χ0n) is 12.7. The molecule has 6 nitrogen and oxygen atoms in total. The van der Waals surface area contributed by atoms with Crippen LogP contribution >= 0.6 is 12.4 Å². The molecular weight excluding hydrogens is 328 g/mol.